The number of halogens is 2. The molecule has 1 fully saturated rings. The number of hydrogen-bond acceptors (Lipinski definition) is 3. The summed E-state index contributed by atoms with van der Waals surface area (Å²) in [5, 5.41) is 11.6. The third-order valence-corrected chi connectivity index (χ3v) is 3.64. The van der Waals surface area contributed by atoms with Gasteiger partial charge in [-0.15, -0.1) is 0 Å². The number of rotatable bonds is 4. The summed E-state index contributed by atoms with van der Waals surface area (Å²) in [7, 11) is 0. The van der Waals surface area contributed by atoms with Gasteiger partial charge in [-0.25, -0.2) is 4.79 Å². The molecular weight excluding hydrogens is 310 g/mol. The van der Waals surface area contributed by atoms with Crippen molar-refractivity contribution in [2.24, 2.45) is 11.8 Å². The van der Waals surface area contributed by atoms with Crippen molar-refractivity contribution in [3.8, 4) is 5.75 Å². The smallest absolute Gasteiger partial charge is 0.387 e. The maximum atomic E-state index is 12.4. The number of hydrogen-bond donors (Lipinski definition) is 2. The zero-order valence-corrected chi connectivity index (χ0v) is 12.5. The van der Waals surface area contributed by atoms with Gasteiger partial charge >= 0.3 is 18.6 Å². The normalized spacial score (nSPS) is 21.1. The van der Waals surface area contributed by atoms with E-state index in [4.69, 9.17) is 5.11 Å². The zero-order valence-electron chi connectivity index (χ0n) is 12.5. The minimum atomic E-state index is -3.00. The molecule has 8 heteroatoms. The summed E-state index contributed by atoms with van der Waals surface area (Å²) in [4.78, 5) is 24.8. The molecule has 2 N–H and O–H groups in total. The van der Waals surface area contributed by atoms with Crippen LogP contribution in [0.1, 0.15) is 13.3 Å². The largest absolute Gasteiger partial charge is 0.481 e. The molecule has 0 spiro atoms. The number of carbonyl (C=O) groups is 2. The molecule has 1 heterocycles. The first-order chi connectivity index (χ1) is 10.9. The summed E-state index contributed by atoms with van der Waals surface area (Å²) in [6.45, 7) is -0.639. The second-order valence-corrected chi connectivity index (χ2v) is 5.59. The van der Waals surface area contributed by atoms with Gasteiger partial charge in [0.15, 0.2) is 0 Å². The van der Waals surface area contributed by atoms with Gasteiger partial charge in [0.2, 0.25) is 0 Å². The standard InChI is InChI=1S/C15H18F2N2O4/c1-9-6-10(13(20)21)8-19(7-9)15(22)18-11-4-2-3-5-12(11)23-14(16)17/h2-5,9-10,14H,6-8H2,1H3,(H,18,22)(H,20,21). The van der Waals surface area contributed by atoms with Crippen LogP contribution in [-0.4, -0.2) is 41.7 Å². The first-order valence-electron chi connectivity index (χ1n) is 7.19. The van der Waals surface area contributed by atoms with Crippen molar-refractivity contribution in [2.45, 2.75) is 20.0 Å². The number of anilines is 1. The average Bonchev–Trinajstić information content (AvgIpc) is 2.48. The first kappa shape index (κ1) is 17.0. The second kappa shape index (κ2) is 7.26. The molecule has 2 amide bonds. The predicted molar refractivity (Wildman–Crippen MR) is 78.6 cm³/mol. The Morgan fingerprint density at radius 2 is 2.04 bits per heavy atom. The highest BCUT2D eigenvalue weighted by Crippen LogP contribution is 2.27. The summed E-state index contributed by atoms with van der Waals surface area (Å²) in [6.07, 6.45) is 0.504. The fourth-order valence-corrected chi connectivity index (χ4v) is 2.66. The number of amides is 2. The van der Waals surface area contributed by atoms with Gasteiger partial charge in [-0.05, 0) is 24.5 Å². The number of para-hydroxylation sites is 2. The molecule has 0 bridgehead atoms. The number of nitrogens with zero attached hydrogens (tertiary/aromatic N) is 1. The van der Waals surface area contributed by atoms with E-state index in [1.54, 1.807) is 6.07 Å². The molecule has 1 aromatic carbocycles. The van der Waals surface area contributed by atoms with Crippen LogP contribution in [0.2, 0.25) is 0 Å². The summed E-state index contributed by atoms with van der Waals surface area (Å²) < 4.78 is 29.1. The Morgan fingerprint density at radius 1 is 1.35 bits per heavy atom. The van der Waals surface area contributed by atoms with Gasteiger partial charge in [0, 0.05) is 13.1 Å². The number of benzene rings is 1. The maximum Gasteiger partial charge on any atom is 0.387 e. The molecule has 0 aromatic heterocycles. The monoisotopic (exact) mass is 328 g/mol. The molecule has 2 atom stereocenters. The van der Waals surface area contributed by atoms with E-state index < -0.39 is 24.5 Å². The molecule has 0 saturated carbocycles. The van der Waals surface area contributed by atoms with Crippen LogP contribution in [0.4, 0.5) is 19.3 Å². The number of urea groups is 1. The van der Waals surface area contributed by atoms with Crippen LogP contribution in [-0.2, 0) is 4.79 Å². The lowest BCUT2D eigenvalue weighted by atomic mass is 9.91. The SMILES string of the molecule is CC1CC(C(=O)O)CN(C(=O)Nc2ccccc2OC(F)F)C1. The number of alkyl halides is 2. The van der Waals surface area contributed by atoms with Crippen LogP contribution in [0, 0.1) is 11.8 Å². The number of piperidine rings is 1. The lowest BCUT2D eigenvalue weighted by Crippen LogP contribution is -2.47. The van der Waals surface area contributed by atoms with Crippen LogP contribution in [0.25, 0.3) is 0 Å². The molecule has 1 aliphatic rings. The topological polar surface area (TPSA) is 78.9 Å². The average molecular weight is 328 g/mol. The van der Waals surface area contributed by atoms with E-state index in [9.17, 15) is 18.4 Å². The Bertz CT molecular complexity index is 582. The molecule has 1 aromatic rings. The number of ether oxygens (including phenoxy) is 1. The van der Waals surface area contributed by atoms with E-state index in [0.717, 1.165) is 0 Å². The summed E-state index contributed by atoms with van der Waals surface area (Å²) in [6, 6.07) is 5.31. The van der Waals surface area contributed by atoms with Gasteiger partial charge in [-0.2, -0.15) is 8.78 Å². The highest BCUT2D eigenvalue weighted by Gasteiger charge is 2.32. The third-order valence-electron chi connectivity index (χ3n) is 3.64. The van der Waals surface area contributed by atoms with Crippen LogP contribution in [0.15, 0.2) is 24.3 Å². The number of likely N-dealkylation sites (tertiary alicyclic amines) is 1. The minimum absolute atomic E-state index is 0.0446. The molecule has 2 rings (SSSR count). The number of aliphatic carboxylic acids is 1. The highest BCUT2D eigenvalue weighted by atomic mass is 19.3. The van der Waals surface area contributed by atoms with Crippen molar-refractivity contribution in [1.82, 2.24) is 4.90 Å². The van der Waals surface area contributed by atoms with Crippen molar-refractivity contribution in [3.05, 3.63) is 24.3 Å². The Morgan fingerprint density at radius 3 is 2.70 bits per heavy atom. The van der Waals surface area contributed by atoms with Crippen molar-refractivity contribution in [3.63, 3.8) is 0 Å². The number of carbonyl (C=O) groups excluding carboxylic acids is 1. The van der Waals surface area contributed by atoms with Gasteiger partial charge in [0.25, 0.3) is 0 Å². The van der Waals surface area contributed by atoms with E-state index in [1.165, 1.54) is 23.1 Å². The fourth-order valence-electron chi connectivity index (χ4n) is 2.66. The lowest BCUT2D eigenvalue weighted by Gasteiger charge is -2.34. The fraction of sp³-hybridized carbons (Fsp3) is 0.467. The van der Waals surface area contributed by atoms with Gasteiger partial charge in [0.05, 0.1) is 11.6 Å². The first-order valence-corrected chi connectivity index (χ1v) is 7.19. The predicted octanol–water partition coefficient (Wildman–Crippen LogP) is 2.86. The second-order valence-electron chi connectivity index (χ2n) is 5.59. The zero-order chi connectivity index (χ0) is 17.0. The lowest BCUT2D eigenvalue weighted by molar-refractivity contribution is -0.143. The van der Waals surface area contributed by atoms with Gasteiger partial charge in [-0.1, -0.05) is 19.1 Å². The number of carboxylic acid groups (broad SMARTS) is 1. The molecule has 23 heavy (non-hydrogen) atoms. The van der Waals surface area contributed by atoms with Gasteiger partial charge in [0.1, 0.15) is 5.75 Å². The maximum absolute atomic E-state index is 12.4. The van der Waals surface area contributed by atoms with Crippen LogP contribution < -0.4 is 10.1 Å². The van der Waals surface area contributed by atoms with Crippen molar-refractivity contribution < 1.29 is 28.2 Å². The summed E-state index contributed by atoms with van der Waals surface area (Å²) in [5.74, 6) is -1.67. The molecule has 0 aliphatic carbocycles. The molecule has 126 valence electrons. The Hall–Kier alpha value is -2.38. The van der Waals surface area contributed by atoms with E-state index in [1.807, 2.05) is 6.92 Å². The molecule has 1 aliphatic heterocycles. The van der Waals surface area contributed by atoms with Gasteiger partial charge in [-0.3, -0.25) is 4.79 Å². The Kier molecular flexibility index (Phi) is 5.36. The highest BCUT2D eigenvalue weighted by molar-refractivity contribution is 5.91. The molecule has 6 nitrogen and oxygen atoms in total. The van der Waals surface area contributed by atoms with E-state index >= 15 is 0 Å². The van der Waals surface area contributed by atoms with E-state index in [0.29, 0.717) is 13.0 Å². The number of nitrogens with one attached hydrogen (secondary N) is 1. The van der Waals surface area contributed by atoms with Crippen molar-refractivity contribution >= 4 is 17.7 Å². The minimum Gasteiger partial charge on any atom is -0.481 e. The number of carboxylic acids is 1. The molecule has 0 radical (unpaired) electrons. The van der Waals surface area contributed by atoms with E-state index in [2.05, 4.69) is 10.1 Å². The van der Waals surface area contributed by atoms with Crippen LogP contribution in [0.3, 0.4) is 0 Å². The molecular formula is C15H18F2N2O4. The molecule has 2 unspecified atom stereocenters. The molecule has 1 saturated heterocycles. The quantitative estimate of drug-likeness (QED) is 0.891. The third kappa shape index (κ3) is 4.54. The Balaban J connectivity index is 2.08. The summed E-state index contributed by atoms with van der Waals surface area (Å²) >= 11 is 0. The van der Waals surface area contributed by atoms with Crippen LogP contribution >= 0.6 is 0 Å². The summed E-state index contributed by atoms with van der Waals surface area (Å²) in [5.41, 5.74) is 0.114. The van der Waals surface area contributed by atoms with Crippen LogP contribution in [0.5, 0.6) is 5.75 Å². The van der Waals surface area contributed by atoms with Crippen molar-refractivity contribution in [2.75, 3.05) is 18.4 Å². The van der Waals surface area contributed by atoms with Gasteiger partial charge < -0.3 is 20.1 Å². The Labute approximate surface area is 132 Å². The van der Waals surface area contributed by atoms with Crippen molar-refractivity contribution in [1.29, 1.82) is 0 Å². The van der Waals surface area contributed by atoms with E-state index in [-0.39, 0.29) is 23.9 Å².